The van der Waals surface area contributed by atoms with Gasteiger partial charge in [0.25, 0.3) is 0 Å². The quantitative estimate of drug-likeness (QED) is 0.443. The summed E-state index contributed by atoms with van der Waals surface area (Å²) in [4.78, 5) is 0. The predicted octanol–water partition coefficient (Wildman–Crippen LogP) is 7.04. The number of hydrogen-bond donors (Lipinski definition) is 1. The van der Waals surface area contributed by atoms with E-state index in [0.29, 0.717) is 0 Å². The Morgan fingerprint density at radius 1 is 0.800 bits per heavy atom. The first kappa shape index (κ1) is 19.4. The van der Waals surface area contributed by atoms with Crippen molar-refractivity contribution in [2.45, 2.75) is 65.7 Å². The average Bonchev–Trinajstić information content (AvgIpc) is 2.62. The third kappa shape index (κ3) is 6.81. The van der Waals surface area contributed by atoms with Crippen LogP contribution in [-0.4, -0.2) is 6.61 Å². The van der Waals surface area contributed by atoms with Crippen molar-refractivity contribution in [2.75, 3.05) is 11.9 Å². The number of unbranched alkanes of at least 4 members (excludes halogenated alkanes) is 4. The molecular weight excluding hydrogens is 306 g/mol. The Morgan fingerprint density at radius 2 is 1.52 bits per heavy atom. The molecule has 2 aromatic rings. The molecular formula is C23H33NO. The molecule has 0 aromatic heterocycles. The Labute approximate surface area is 153 Å². The Bertz CT molecular complexity index is 618. The van der Waals surface area contributed by atoms with Crippen molar-refractivity contribution in [3.8, 4) is 5.75 Å². The van der Waals surface area contributed by atoms with Gasteiger partial charge in [0, 0.05) is 17.4 Å². The van der Waals surface area contributed by atoms with Gasteiger partial charge in [0.2, 0.25) is 0 Å². The molecule has 0 atom stereocenters. The lowest BCUT2D eigenvalue weighted by Gasteiger charge is -2.14. The number of nitrogens with one attached hydrogen (secondary N) is 1. The van der Waals surface area contributed by atoms with E-state index in [9.17, 15) is 0 Å². The molecule has 0 aliphatic heterocycles. The van der Waals surface area contributed by atoms with Gasteiger partial charge in [0.15, 0.2) is 0 Å². The molecule has 0 saturated heterocycles. The van der Waals surface area contributed by atoms with Gasteiger partial charge in [-0.1, -0.05) is 63.3 Å². The van der Waals surface area contributed by atoms with Crippen LogP contribution in [0.25, 0.3) is 0 Å². The Hall–Kier alpha value is -1.96. The summed E-state index contributed by atoms with van der Waals surface area (Å²) in [5.74, 6) is 1.04. The lowest BCUT2D eigenvalue weighted by atomic mass is 10.0. The molecule has 0 spiro atoms. The largest absolute Gasteiger partial charge is 0.493 e. The number of aryl methyl sites for hydroxylation is 2. The van der Waals surface area contributed by atoms with Crippen LogP contribution in [0.4, 0.5) is 11.4 Å². The van der Waals surface area contributed by atoms with Gasteiger partial charge >= 0.3 is 0 Å². The predicted molar refractivity (Wildman–Crippen MR) is 109 cm³/mol. The molecule has 2 heteroatoms. The van der Waals surface area contributed by atoms with Crippen LogP contribution in [0, 0.1) is 6.92 Å². The maximum Gasteiger partial charge on any atom is 0.124 e. The summed E-state index contributed by atoms with van der Waals surface area (Å²) in [5, 5.41) is 3.49. The second-order valence-corrected chi connectivity index (χ2v) is 6.83. The molecule has 136 valence electrons. The van der Waals surface area contributed by atoms with E-state index in [1.165, 1.54) is 36.8 Å². The minimum atomic E-state index is 0.798. The highest BCUT2D eigenvalue weighted by molar-refractivity contribution is 5.62. The fourth-order valence-electron chi connectivity index (χ4n) is 2.85. The highest BCUT2D eigenvalue weighted by atomic mass is 16.5. The van der Waals surface area contributed by atoms with E-state index < -0.39 is 0 Å². The van der Waals surface area contributed by atoms with Crippen molar-refractivity contribution in [2.24, 2.45) is 0 Å². The molecule has 0 fully saturated rings. The summed E-state index contributed by atoms with van der Waals surface area (Å²) in [6.07, 6.45) is 8.50. The van der Waals surface area contributed by atoms with Crippen molar-refractivity contribution < 1.29 is 4.74 Å². The van der Waals surface area contributed by atoms with Crippen LogP contribution in [0.5, 0.6) is 5.75 Å². The highest BCUT2D eigenvalue weighted by Gasteiger charge is 2.06. The summed E-state index contributed by atoms with van der Waals surface area (Å²) in [6, 6.07) is 15.0. The SMILES string of the molecule is CCCCCCc1ccc(Nc2ccc(C)cc2)cc1OCCCC. The van der Waals surface area contributed by atoms with Gasteiger partial charge in [-0.05, 0) is 49.9 Å². The number of benzene rings is 2. The molecule has 0 bridgehead atoms. The minimum Gasteiger partial charge on any atom is -0.493 e. The van der Waals surface area contributed by atoms with Crippen LogP contribution in [0.15, 0.2) is 42.5 Å². The number of anilines is 2. The van der Waals surface area contributed by atoms with Gasteiger partial charge in [0.1, 0.15) is 5.75 Å². The van der Waals surface area contributed by atoms with Crippen molar-refractivity contribution in [1.29, 1.82) is 0 Å². The van der Waals surface area contributed by atoms with E-state index in [1.54, 1.807) is 0 Å². The standard InChI is InChI=1S/C23H33NO/c1-4-6-8-9-10-20-13-16-22(18-23(20)25-17-7-5-2)24-21-14-11-19(3)12-15-21/h11-16,18,24H,4-10,17H2,1-3H3. The van der Waals surface area contributed by atoms with Gasteiger partial charge < -0.3 is 10.1 Å². The van der Waals surface area contributed by atoms with Crippen LogP contribution >= 0.6 is 0 Å². The summed E-state index contributed by atoms with van der Waals surface area (Å²) < 4.78 is 6.09. The lowest BCUT2D eigenvalue weighted by molar-refractivity contribution is 0.306. The number of hydrogen-bond acceptors (Lipinski definition) is 2. The van der Waals surface area contributed by atoms with E-state index in [4.69, 9.17) is 4.74 Å². The monoisotopic (exact) mass is 339 g/mol. The Morgan fingerprint density at radius 3 is 2.24 bits per heavy atom. The van der Waals surface area contributed by atoms with Crippen LogP contribution in [0.3, 0.4) is 0 Å². The lowest BCUT2D eigenvalue weighted by Crippen LogP contribution is -2.01. The molecule has 0 aliphatic carbocycles. The summed E-state index contributed by atoms with van der Waals surface area (Å²) in [7, 11) is 0. The molecule has 0 saturated carbocycles. The van der Waals surface area contributed by atoms with Crippen molar-refractivity contribution in [1.82, 2.24) is 0 Å². The molecule has 0 radical (unpaired) electrons. The van der Waals surface area contributed by atoms with E-state index in [2.05, 4.69) is 68.6 Å². The Balaban J connectivity index is 2.07. The van der Waals surface area contributed by atoms with Gasteiger partial charge in [-0.25, -0.2) is 0 Å². The third-order valence-electron chi connectivity index (χ3n) is 4.46. The first-order chi connectivity index (χ1) is 12.2. The van der Waals surface area contributed by atoms with E-state index >= 15 is 0 Å². The molecule has 2 nitrogen and oxygen atoms in total. The first-order valence-electron chi connectivity index (χ1n) is 9.82. The van der Waals surface area contributed by atoms with E-state index in [1.807, 2.05) is 0 Å². The van der Waals surface area contributed by atoms with E-state index in [0.717, 1.165) is 43.0 Å². The summed E-state index contributed by atoms with van der Waals surface area (Å²) >= 11 is 0. The maximum atomic E-state index is 6.09. The summed E-state index contributed by atoms with van der Waals surface area (Å²) in [5.41, 5.74) is 4.81. The van der Waals surface area contributed by atoms with Gasteiger partial charge in [-0.3, -0.25) is 0 Å². The van der Waals surface area contributed by atoms with Crippen LogP contribution in [-0.2, 0) is 6.42 Å². The molecule has 0 amide bonds. The molecule has 1 N–H and O–H groups in total. The highest BCUT2D eigenvalue weighted by Crippen LogP contribution is 2.28. The average molecular weight is 340 g/mol. The smallest absolute Gasteiger partial charge is 0.124 e. The molecule has 0 aliphatic rings. The van der Waals surface area contributed by atoms with Gasteiger partial charge in [-0.2, -0.15) is 0 Å². The first-order valence-corrected chi connectivity index (χ1v) is 9.82. The Kier molecular flexibility index (Phi) is 8.38. The molecule has 0 heterocycles. The second kappa shape index (κ2) is 10.8. The van der Waals surface area contributed by atoms with Gasteiger partial charge in [-0.15, -0.1) is 0 Å². The van der Waals surface area contributed by atoms with Crippen LogP contribution in [0.1, 0.15) is 63.5 Å². The zero-order valence-corrected chi connectivity index (χ0v) is 16.1. The molecule has 2 rings (SSSR count). The second-order valence-electron chi connectivity index (χ2n) is 6.83. The van der Waals surface area contributed by atoms with Crippen molar-refractivity contribution in [3.63, 3.8) is 0 Å². The zero-order chi connectivity index (χ0) is 17.9. The molecule has 0 unspecified atom stereocenters. The normalized spacial score (nSPS) is 10.7. The number of rotatable bonds is 11. The van der Waals surface area contributed by atoms with Crippen LogP contribution < -0.4 is 10.1 Å². The zero-order valence-electron chi connectivity index (χ0n) is 16.1. The van der Waals surface area contributed by atoms with Gasteiger partial charge in [0.05, 0.1) is 6.61 Å². The minimum absolute atomic E-state index is 0.798. The summed E-state index contributed by atoms with van der Waals surface area (Å²) in [6.45, 7) is 7.36. The molecule has 25 heavy (non-hydrogen) atoms. The topological polar surface area (TPSA) is 21.3 Å². The third-order valence-corrected chi connectivity index (χ3v) is 4.46. The van der Waals surface area contributed by atoms with Crippen molar-refractivity contribution >= 4 is 11.4 Å². The van der Waals surface area contributed by atoms with Crippen LogP contribution in [0.2, 0.25) is 0 Å². The number of ether oxygens (including phenoxy) is 1. The fraction of sp³-hybridized carbons (Fsp3) is 0.478. The molecule has 2 aromatic carbocycles. The van der Waals surface area contributed by atoms with Crippen molar-refractivity contribution in [3.05, 3.63) is 53.6 Å². The fourth-order valence-corrected chi connectivity index (χ4v) is 2.85. The van der Waals surface area contributed by atoms with E-state index in [-0.39, 0.29) is 0 Å². The maximum absolute atomic E-state index is 6.09.